The van der Waals surface area contributed by atoms with Crippen molar-refractivity contribution in [1.29, 1.82) is 0 Å². The number of ether oxygens (including phenoxy) is 1. The van der Waals surface area contributed by atoms with E-state index in [1.165, 1.54) is 27.7 Å². The van der Waals surface area contributed by atoms with Crippen LogP contribution in [0.3, 0.4) is 0 Å². The monoisotopic (exact) mass is 369 g/mol. The minimum atomic E-state index is 0.304. The summed E-state index contributed by atoms with van der Waals surface area (Å²) in [5.41, 5.74) is 5.73. The van der Waals surface area contributed by atoms with Gasteiger partial charge in [0.2, 0.25) is 0 Å². The molecule has 2 N–H and O–H groups in total. The van der Waals surface area contributed by atoms with Crippen molar-refractivity contribution in [3.63, 3.8) is 0 Å². The Labute approximate surface area is 161 Å². The predicted octanol–water partition coefficient (Wildman–Crippen LogP) is 2.34. The molecule has 0 bridgehead atoms. The van der Waals surface area contributed by atoms with E-state index in [9.17, 15) is 5.11 Å². The van der Waals surface area contributed by atoms with E-state index in [1.54, 1.807) is 0 Å². The van der Waals surface area contributed by atoms with Crippen LogP contribution in [0, 0.1) is 5.92 Å². The fourth-order valence-corrected chi connectivity index (χ4v) is 5.67. The highest BCUT2D eigenvalue weighted by Gasteiger charge is 2.40. The first kappa shape index (κ1) is 17.7. The molecular formula is C22H31N3O2. The van der Waals surface area contributed by atoms with Crippen LogP contribution in [0.1, 0.15) is 36.1 Å². The molecule has 1 aliphatic carbocycles. The van der Waals surface area contributed by atoms with Gasteiger partial charge in [-0.15, -0.1) is 0 Å². The van der Waals surface area contributed by atoms with E-state index in [-0.39, 0.29) is 0 Å². The lowest BCUT2D eigenvalue weighted by atomic mass is 9.72. The quantitative estimate of drug-likeness (QED) is 0.869. The number of morpholine rings is 1. The number of benzene rings is 1. The number of hydrogen-bond acceptors (Lipinski definition) is 4. The van der Waals surface area contributed by atoms with E-state index >= 15 is 0 Å². The number of H-pyrrole nitrogens is 1. The van der Waals surface area contributed by atoms with Crippen LogP contribution in [-0.2, 0) is 17.7 Å². The van der Waals surface area contributed by atoms with Crippen molar-refractivity contribution in [3.05, 3.63) is 35.0 Å². The Bertz CT molecular complexity index is 811. The van der Waals surface area contributed by atoms with Crippen molar-refractivity contribution in [3.8, 4) is 0 Å². The number of likely N-dealkylation sites (N-methyl/N-ethyl adjacent to an activating group) is 1. The molecule has 0 spiro atoms. The summed E-state index contributed by atoms with van der Waals surface area (Å²) in [7, 11) is 0. The highest BCUT2D eigenvalue weighted by atomic mass is 16.5. The van der Waals surface area contributed by atoms with Gasteiger partial charge in [-0.3, -0.25) is 9.80 Å². The SMILES string of the molecule is CCN1CC(CO)C[C@@H]2c3cccc4[nH]c(CN5CCOCC5)c(c34)C[C@H]21. The molecule has 5 nitrogen and oxygen atoms in total. The van der Waals surface area contributed by atoms with Crippen LogP contribution in [0.15, 0.2) is 18.2 Å². The molecule has 5 heteroatoms. The lowest BCUT2D eigenvalue weighted by molar-refractivity contribution is 0.0333. The first-order chi connectivity index (χ1) is 13.3. The molecule has 3 aliphatic rings. The first-order valence-corrected chi connectivity index (χ1v) is 10.6. The molecular weight excluding hydrogens is 338 g/mol. The van der Waals surface area contributed by atoms with Crippen molar-refractivity contribution >= 4 is 10.9 Å². The molecule has 2 aromatic rings. The van der Waals surface area contributed by atoms with Crippen LogP contribution in [0.5, 0.6) is 0 Å². The predicted molar refractivity (Wildman–Crippen MR) is 107 cm³/mol. The molecule has 2 fully saturated rings. The molecule has 2 saturated heterocycles. The van der Waals surface area contributed by atoms with Crippen molar-refractivity contribution < 1.29 is 9.84 Å². The van der Waals surface area contributed by atoms with E-state index in [0.29, 0.717) is 24.5 Å². The number of fused-ring (bicyclic) bond motifs is 2. The number of rotatable bonds is 4. The minimum absolute atomic E-state index is 0.304. The van der Waals surface area contributed by atoms with Crippen molar-refractivity contribution in [1.82, 2.24) is 14.8 Å². The van der Waals surface area contributed by atoms with Crippen LogP contribution >= 0.6 is 0 Å². The third-order valence-electron chi connectivity index (χ3n) is 7.02. The number of hydrogen-bond donors (Lipinski definition) is 2. The van der Waals surface area contributed by atoms with Gasteiger partial charge in [0.25, 0.3) is 0 Å². The normalized spacial score (nSPS) is 29.2. The van der Waals surface area contributed by atoms with Crippen LogP contribution in [0.2, 0.25) is 0 Å². The van der Waals surface area contributed by atoms with E-state index in [4.69, 9.17) is 4.74 Å². The summed E-state index contributed by atoms with van der Waals surface area (Å²) in [4.78, 5) is 8.88. The molecule has 27 heavy (non-hydrogen) atoms. The van der Waals surface area contributed by atoms with Crippen molar-refractivity contribution in [2.24, 2.45) is 5.92 Å². The van der Waals surface area contributed by atoms with Gasteiger partial charge in [-0.2, -0.15) is 0 Å². The van der Waals surface area contributed by atoms with E-state index in [0.717, 1.165) is 58.8 Å². The van der Waals surface area contributed by atoms with E-state index in [2.05, 4.69) is 39.9 Å². The topological polar surface area (TPSA) is 51.7 Å². The molecule has 3 heterocycles. The summed E-state index contributed by atoms with van der Waals surface area (Å²) in [6, 6.07) is 7.34. The molecule has 0 radical (unpaired) electrons. The third kappa shape index (κ3) is 3.01. The van der Waals surface area contributed by atoms with Crippen LogP contribution in [0.25, 0.3) is 10.9 Å². The number of aliphatic hydroxyl groups is 1. The Hall–Kier alpha value is -1.40. The number of likely N-dealkylation sites (tertiary alicyclic amines) is 1. The Kier molecular flexibility index (Phi) is 4.72. The lowest BCUT2D eigenvalue weighted by Crippen LogP contribution is -2.50. The summed E-state index contributed by atoms with van der Waals surface area (Å²) < 4.78 is 5.52. The zero-order valence-corrected chi connectivity index (χ0v) is 16.3. The maximum atomic E-state index is 9.82. The zero-order valence-electron chi connectivity index (χ0n) is 16.3. The lowest BCUT2D eigenvalue weighted by Gasteiger charge is -2.46. The fourth-order valence-electron chi connectivity index (χ4n) is 5.67. The van der Waals surface area contributed by atoms with Gasteiger partial charge in [-0.1, -0.05) is 19.1 Å². The molecule has 5 rings (SSSR count). The summed E-state index contributed by atoms with van der Waals surface area (Å²) in [6.45, 7) is 9.39. The second-order valence-electron chi connectivity index (χ2n) is 8.49. The average Bonchev–Trinajstić information content (AvgIpc) is 3.06. The number of nitrogens with zero attached hydrogens (tertiary/aromatic N) is 2. The molecule has 1 aromatic carbocycles. The van der Waals surface area contributed by atoms with E-state index < -0.39 is 0 Å². The largest absolute Gasteiger partial charge is 0.396 e. The van der Waals surface area contributed by atoms with Gasteiger partial charge in [-0.05, 0) is 42.5 Å². The Morgan fingerprint density at radius 2 is 2.11 bits per heavy atom. The van der Waals surface area contributed by atoms with Crippen molar-refractivity contribution in [2.45, 2.75) is 38.3 Å². The number of nitrogens with one attached hydrogen (secondary N) is 1. The smallest absolute Gasteiger partial charge is 0.0594 e. The summed E-state index contributed by atoms with van der Waals surface area (Å²) in [5, 5.41) is 11.3. The van der Waals surface area contributed by atoms with Crippen LogP contribution in [0.4, 0.5) is 0 Å². The molecule has 0 saturated carbocycles. The van der Waals surface area contributed by atoms with Gasteiger partial charge in [0, 0.05) is 61.3 Å². The molecule has 146 valence electrons. The molecule has 1 aromatic heterocycles. The van der Waals surface area contributed by atoms with Gasteiger partial charge in [-0.25, -0.2) is 0 Å². The third-order valence-corrected chi connectivity index (χ3v) is 7.02. The second-order valence-corrected chi connectivity index (χ2v) is 8.49. The van der Waals surface area contributed by atoms with Crippen LogP contribution < -0.4 is 0 Å². The average molecular weight is 370 g/mol. The molecule has 1 unspecified atom stereocenters. The second kappa shape index (κ2) is 7.21. The maximum absolute atomic E-state index is 9.82. The van der Waals surface area contributed by atoms with Gasteiger partial charge >= 0.3 is 0 Å². The highest BCUT2D eigenvalue weighted by Crippen LogP contribution is 2.45. The molecule has 3 atom stereocenters. The first-order valence-electron chi connectivity index (χ1n) is 10.6. The van der Waals surface area contributed by atoms with Gasteiger partial charge < -0.3 is 14.8 Å². The van der Waals surface area contributed by atoms with E-state index in [1.807, 2.05) is 0 Å². The molecule has 0 amide bonds. The highest BCUT2D eigenvalue weighted by molar-refractivity contribution is 5.89. The Morgan fingerprint density at radius 3 is 2.89 bits per heavy atom. The van der Waals surface area contributed by atoms with Gasteiger partial charge in [0.05, 0.1) is 13.2 Å². The maximum Gasteiger partial charge on any atom is 0.0594 e. The van der Waals surface area contributed by atoms with Crippen LogP contribution in [-0.4, -0.2) is 71.9 Å². The van der Waals surface area contributed by atoms with Gasteiger partial charge in [0.15, 0.2) is 0 Å². The summed E-state index contributed by atoms with van der Waals surface area (Å²) in [6.07, 6.45) is 2.24. The number of aliphatic hydroxyl groups excluding tert-OH is 1. The standard InChI is InChI=1S/C22H31N3O2/c1-2-25-12-15(14-26)10-17-16-4-3-5-19-22(16)18(11-21(17)25)20(23-19)13-24-6-8-27-9-7-24/h3-5,15,17,21,23,26H,2,6-14H2,1H3/t15?,17-,21-/m1/s1. The zero-order chi connectivity index (χ0) is 18.4. The fraction of sp³-hybridized carbons (Fsp3) is 0.636. The molecule has 2 aliphatic heterocycles. The summed E-state index contributed by atoms with van der Waals surface area (Å²) in [5.74, 6) is 0.939. The summed E-state index contributed by atoms with van der Waals surface area (Å²) >= 11 is 0. The Morgan fingerprint density at radius 1 is 1.26 bits per heavy atom. The number of aromatic amines is 1. The number of piperidine rings is 1. The minimum Gasteiger partial charge on any atom is -0.396 e. The number of aromatic nitrogens is 1. The van der Waals surface area contributed by atoms with Gasteiger partial charge in [0.1, 0.15) is 0 Å². The van der Waals surface area contributed by atoms with Crippen molar-refractivity contribution in [2.75, 3.05) is 46.0 Å². The Balaban J connectivity index is 1.55.